The molecule has 0 spiro atoms. The van der Waals surface area contributed by atoms with Gasteiger partial charge in [0.1, 0.15) is 5.82 Å². The zero-order chi connectivity index (χ0) is 13.1. The molecule has 1 nitrogen and oxygen atoms in total. The highest BCUT2D eigenvalue weighted by molar-refractivity contribution is 7.12. The fourth-order valence-electron chi connectivity index (χ4n) is 1.88. The minimum absolute atomic E-state index is 0.131. The smallest absolute Gasteiger partial charge is 0.149 e. The van der Waals surface area contributed by atoms with E-state index < -0.39 is 0 Å². The lowest BCUT2D eigenvalue weighted by molar-refractivity contribution is 0.619. The summed E-state index contributed by atoms with van der Waals surface area (Å²) in [5.41, 5.74) is 1.25. The summed E-state index contributed by atoms with van der Waals surface area (Å²) in [4.78, 5) is 2.61. The van der Waals surface area contributed by atoms with Crippen molar-refractivity contribution in [1.29, 1.82) is 0 Å². The van der Waals surface area contributed by atoms with Gasteiger partial charge in [-0.25, -0.2) is 4.39 Å². The van der Waals surface area contributed by atoms with Gasteiger partial charge >= 0.3 is 0 Å². The Morgan fingerprint density at radius 3 is 2.72 bits per heavy atom. The number of benzene rings is 1. The van der Waals surface area contributed by atoms with E-state index >= 15 is 0 Å². The molecule has 0 fully saturated rings. The number of halogens is 1. The van der Waals surface area contributed by atoms with E-state index in [0.29, 0.717) is 11.3 Å². The second kappa shape index (κ2) is 5.53. The van der Waals surface area contributed by atoms with E-state index in [1.54, 1.807) is 30.4 Å². The lowest BCUT2D eigenvalue weighted by atomic mass is 10.2. The third-order valence-corrected chi connectivity index (χ3v) is 4.43. The van der Waals surface area contributed by atoms with Crippen LogP contribution in [0, 0.1) is 12.7 Å². The van der Waals surface area contributed by atoms with Gasteiger partial charge in [-0.2, -0.15) is 0 Å². The number of aryl methyl sites for hydroxylation is 2. The minimum atomic E-state index is -0.156. The Labute approximate surface area is 112 Å². The van der Waals surface area contributed by atoms with Crippen LogP contribution in [0.15, 0.2) is 30.3 Å². The van der Waals surface area contributed by atoms with Crippen LogP contribution in [0.5, 0.6) is 0 Å². The monoisotopic (exact) mass is 263 g/mol. The van der Waals surface area contributed by atoms with E-state index in [2.05, 4.69) is 31.3 Å². The van der Waals surface area contributed by atoms with Gasteiger partial charge in [0.25, 0.3) is 0 Å². The van der Waals surface area contributed by atoms with E-state index in [9.17, 15) is 4.39 Å². The normalized spacial score (nSPS) is 12.4. The zero-order valence-corrected chi connectivity index (χ0v) is 11.8. The highest BCUT2D eigenvalue weighted by Crippen LogP contribution is 2.28. The molecule has 0 bridgehead atoms. The maximum atomic E-state index is 13.9. The molecule has 0 aliphatic heterocycles. The van der Waals surface area contributed by atoms with Gasteiger partial charge in [0, 0.05) is 9.75 Å². The maximum absolute atomic E-state index is 13.9. The molecule has 0 saturated heterocycles. The van der Waals surface area contributed by atoms with Crippen LogP contribution in [-0.4, -0.2) is 0 Å². The second-order valence-corrected chi connectivity index (χ2v) is 5.66. The summed E-state index contributed by atoms with van der Waals surface area (Å²) >= 11 is 1.79. The molecule has 0 aliphatic rings. The molecule has 0 amide bonds. The predicted octanol–water partition coefficient (Wildman–Crippen LogP) is 4.93. The molecule has 3 heteroatoms. The number of thiophene rings is 1. The molecule has 18 heavy (non-hydrogen) atoms. The van der Waals surface area contributed by atoms with Crippen LogP contribution in [0.25, 0.3) is 0 Å². The minimum Gasteiger partial charge on any atom is -0.375 e. The molecule has 0 saturated carbocycles. The molecule has 1 N–H and O–H groups in total. The van der Waals surface area contributed by atoms with Gasteiger partial charge < -0.3 is 5.32 Å². The largest absolute Gasteiger partial charge is 0.375 e. The Bertz CT molecular complexity index is 533. The van der Waals surface area contributed by atoms with Gasteiger partial charge in [0.05, 0.1) is 11.7 Å². The Hall–Kier alpha value is -1.35. The first-order valence-electron chi connectivity index (χ1n) is 6.22. The third-order valence-electron chi connectivity index (χ3n) is 3.02. The van der Waals surface area contributed by atoms with Gasteiger partial charge in [-0.15, -0.1) is 11.3 Å². The van der Waals surface area contributed by atoms with Gasteiger partial charge in [0.2, 0.25) is 0 Å². The molecule has 2 aromatic rings. The summed E-state index contributed by atoms with van der Waals surface area (Å²) in [7, 11) is 0. The highest BCUT2D eigenvalue weighted by atomic mass is 32.1. The van der Waals surface area contributed by atoms with Crippen LogP contribution in [0.3, 0.4) is 0 Å². The topological polar surface area (TPSA) is 12.0 Å². The van der Waals surface area contributed by atoms with Crippen LogP contribution in [-0.2, 0) is 6.42 Å². The summed E-state index contributed by atoms with van der Waals surface area (Å²) < 4.78 is 13.9. The van der Waals surface area contributed by atoms with Crippen molar-refractivity contribution in [3.05, 3.63) is 51.5 Å². The lowest BCUT2D eigenvalue weighted by Crippen LogP contribution is -2.06. The molecule has 1 aromatic carbocycles. The molecule has 2 rings (SSSR count). The van der Waals surface area contributed by atoms with Crippen LogP contribution in [0.1, 0.15) is 35.2 Å². The molecular weight excluding hydrogens is 245 g/mol. The van der Waals surface area contributed by atoms with E-state index in [-0.39, 0.29) is 11.9 Å². The van der Waals surface area contributed by atoms with Gasteiger partial charge in [-0.1, -0.05) is 19.1 Å². The summed E-state index contributed by atoms with van der Waals surface area (Å²) in [6.07, 6.45) is 1.05. The summed E-state index contributed by atoms with van der Waals surface area (Å²) in [6, 6.07) is 9.84. The first-order valence-corrected chi connectivity index (χ1v) is 7.03. The van der Waals surface area contributed by atoms with Crippen LogP contribution in [0.4, 0.5) is 10.1 Å². The number of anilines is 1. The Kier molecular flexibility index (Phi) is 4.02. The highest BCUT2D eigenvalue weighted by Gasteiger charge is 2.11. The van der Waals surface area contributed by atoms with E-state index in [4.69, 9.17) is 0 Å². The van der Waals surface area contributed by atoms with Crippen LogP contribution >= 0.6 is 11.3 Å². The number of hydrogen-bond donors (Lipinski definition) is 1. The molecular formula is C15H18FNS. The number of rotatable bonds is 4. The Morgan fingerprint density at radius 1 is 1.28 bits per heavy atom. The summed E-state index contributed by atoms with van der Waals surface area (Å²) in [5, 5.41) is 3.24. The van der Waals surface area contributed by atoms with Crippen molar-refractivity contribution < 1.29 is 4.39 Å². The van der Waals surface area contributed by atoms with Gasteiger partial charge in [-0.05, 0) is 44.0 Å². The molecule has 1 atom stereocenters. The van der Waals surface area contributed by atoms with Crippen molar-refractivity contribution in [2.24, 2.45) is 0 Å². The lowest BCUT2D eigenvalue weighted by Gasteiger charge is -2.15. The summed E-state index contributed by atoms with van der Waals surface area (Å²) in [5.74, 6) is -0.156. The second-order valence-electron chi connectivity index (χ2n) is 4.46. The average molecular weight is 263 g/mol. The van der Waals surface area contributed by atoms with E-state index in [1.807, 2.05) is 6.07 Å². The van der Waals surface area contributed by atoms with E-state index in [0.717, 1.165) is 6.42 Å². The first kappa shape index (κ1) is 13.1. The molecule has 1 aromatic heterocycles. The van der Waals surface area contributed by atoms with Crippen LogP contribution < -0.4 is 5.32 Å². The predicted molar refractivity (Wildman–Crippen MR) is 76.9 cm³/mol. The molecule has 0 aliphatic carbocycles. The maximum Gasteiger partial charge on any atom is 0.149 e. The van der Waals surface area contributed by atoms with Crippen molar-refractivity contribution in [2.75, 3.05) is 5.32 Å². The zero-order valence-electron chi connectivity index (χ0n) is 11.0. The fraction of sp³-hybridized carbons (Fsp3) is 0.333. The van der Waals surface area contributed by atoms with Crippen molar-refractivity contribution in [3.63, 3.8) is 0 Å². The average Bonchev–Trinajstić information content (AvgIpc) is 2.83. The molecule has 96 valence electrons. The van der Waals surface area contributed by atoms with E-state index in [1.165, 1.54) is 9.75 Å². The Balaban J connectivity index is 2.15. The van der Waals surface area contributed by atoms with Crippen LogP contribution in [0.2, 0.25) is 0 Å². The van der Waals surface area contributed by atoms with Crippen molar-refractivity contribution in [2.45, 2.75) is 33.2 Å². The van der Waals surface area contributed by atoms with Crippen molar-refractivity contribution in [3.8, 4) is 0 Å². The number of nitrogens with one attached hydrogen (secondary N) is 1. The molecule has 0 radical (unpaired) electrons. The van der Waals surface area contributed by atoms with Gasteiger partial charge in [0.15, 0.2) is 0 Å². The van der Waals surface area contributed by atoms with Crippen molar-refractivity contribution >= 4 is 17.0 Å². The standard InChI is InChI=1S/C15H18FNS/c1-4-12-8-9-14(18-12)11(3)17-13-7-5-6-10(2)15(13)16/h5-9,11,17H,4H2,1-3H3. The third kappa shape index (κ3) is 2.72. The van der Waals surface area contributed by atoms with Crippen molar-refractivity contribution in [1.82, 2.24) is 0 Å². The molecule has 1 heterocycles. The first-order chi connectivity index (χ1) is 8.61. The molecule has 1 unspecified atom stereocenters. The quantitative estimate of drug-likeness (QED) is 0.824. The van der Waals surface area contributed by atoms with Gasteiger partial charge in [-0.3, -0.25) is 0 Å². The summed E-state index contributed by atoms with van der Waals surface area (Å²) in [6.45, 7) is 5.99. The fourth-order valence-corrected chi connectivity index (χ4v) is 2.84. The SMILES string of the molecule is CCc1ccc(C(C)Nc2cccc(C)c2F)s1. The Morgan fingerprint density at radius 2 is 2.06 bits per heavy atom. The number of hydrogen-bond acceptors (Lipinski definition) is 2.